The lowest BCUT2D eigenvalue weighted by atomic mass is 10.1. The second-order valence-electron chi connectivity index (χ2n) is 7.61. The summed E-state index contributed by atoms with van der Waals surface area (Å²) in [6.07, 6.45) is -2.51. The van der Waals surface area contributed by atoms with Crippen LogP contribution in [0.2, 0.25) is 5.02 Å². The number of halogens is 4. The highest BCUT2D eigenvalue weighted by molar-refractivity contribution is 6.32. The summed E-state index contributed by atoms with van der Waals surface area (Å²) in [4.78, 5) is 15.6. The Kier molecular flexibility index (Phi) is 7.97. The van der Waals surface area contributed by atoms with Gasteiger partial charge in [0.15, 0.2) is 0 Å². The molecule has 33 heavy (non-hydrogen) atoms. The van der Waals surface area contributed by atoms with Crippen LogP contribution in [0, 0.1) is 0 Å². The molecule has 0 saturated carbocycles. The van der Waals surface area contributed by atoms with E-state index in [0.717, 1.165) is 25.0 Å². The van der Waals surface area contributed by atoms with Crippen molar-refractivity contribution in [1.29, 1.82) is 0 Å². The first-order chi connectivity index (χ1) is 15.7. The lowest BCUT2D eigenvalue weighted by Crippen LogP contribution is -2.11. The molecule has 0 unspecified atom stereocenters. The number of benzene rings is 2. The van der Waals surface area contributed by atoms with Gasteiger partial charge in [-0.1, -0.05) is 49.2 Å². The summed E-state index contributed by atoms with van der Waals surface area (Å²) >= 11 is 6.33. The van der Waals surface area contributed by atoms with Gasteiger partial charge in [0.2, 0.25) is 0 Å². The lowest BCUT2D eigenvalue weighted by molar-refractivity contribution is -0.138. The van der Waals surface area contributed by atoms with Gasteiger partial charge >= 0.3 is 12.1 Å². The van der Waals surface area contributed by atoms with Crippen LogP contribution in [0.4, 0.5) is 13.2 Å². The van der Waals surface area contributed by atoms with E-state index in [1.807, 2.05) is 0 Å². The van der Waals surface area contributed by atoms with Crippen LogP contribution in [0.15, 0.2) is 60.7 Å². The van der Waals surface area contributed by atoms with Crippen molar-refractivity contribution in [2.24, 2.45) is 0 Å². The molecular formula is C25H23ClF3NO3. The van der Waals surface area contributed by atoms with E-state index >= 15 is 0 Å². The predicted octanol–water partition coefficient (Wildman–Crippen LogP) is 7.36. The molecule has 0 saturated heterocycles. The predicted molar refractivity (Wildman–Crippen MR) is 120 cm³/mol. The Labute approximate surface area is 195 Å². The molecular weight excluding hydrogens is 455 g/mol. The number of carbonyl (C=O) groups is 1. The Bertz CT molecular complexity index is 1100. The monoisotopic (exact) mass is 477 g/mol. The van der Waals surface area contributed by atoms with Gasteiger partial charge in [-0.2, -0.15) is 13.2 Å². The van der Waals surface area contributed by atoms with Crippen LogP contribution in [0.1, 0.15) is 49.1 Å². The van der Waals surface area contributed by atoms with E-state index in [1.54, 1.807) is 36.4 Å². The molecule has 3 rings (SSSR count). The normalized spacial score (nSPS) is 12.4. The Balaban J connectivity index is 1.87. The molecule has 0 bridgehead atoms. The number of carboxylic acid groups (broad SMARTS) is 1. The Hall–Kier alpha value is -3.06. The van der Waals surface area contributed by atoms with Gasteiger partial charge < -0.3 is 9.84 Å². The van der Waals surface area contributed by atoms with E-state index in [4.69, 9.17) is 21.4 Å². The zero-order valence-electron chi connectivity index (χ0n) is 17.9. The van der Waals surface area contributed by atoms with Crippen molar-refractivity contribution >= 4 is 17.6 Å². The summed E-state index contributed by atoms with van der Waals surface area (Å²) in [7, 11) is 0. The summed E-state index contributed by atoms with van der Waals surface area (Å²) in [5.41, 5.74) is 1.58. The molecule has 3 aromatic rings. The topological polar surface area (TPSA) is 59.4 Å². The van der Waals surface area contributed by atoms with Crippen molar-refractivity contribution in [1.82, 2.24) is 4.98 Å². The first-order valence-corrected chi connectivity index (χ1v) is 10.9. The van der Waals surface area contributed by atoms with Crippen molar-refractivity contribution in [2.45, 2.75) is 44.9 Å². The SMILES string of the molecule is CCCC[C@@H](Oc1ccc(CC(=O)O)cc1Cl)c1cccc(-c2ccc(C(F)(F)F)cc2)n1. The van der Waals surface area contributed by atoms with Gasteiger partial charge in [-0.05, 0) is 54.8 Å². The number of alkyl halides is 3. The van der Waals surface area contributed by atoms with E-state index < -0.39 is 23.8 Å². The minimum Gasteiger partial charge on any atom is -0.483 e. The second kappa shape index (κ2) is 10.7. The number of carboxylic acids is 1. The molecule has 0 aliphatic heterocycles. The van der Waals surface area contributed by atoms with Crippen molar-refractivity contribution in [3.05, 3.63) is 82.5 Å². The first-order valence-electron chi connectivity index (χ1n) is 10.5. The number of pyridine rings is 1. The van der Waals surface area contributed by atoms with Gasteiger partial charge in [0, 0.05) is 5.56 Å². The van der Waals surface area contributed by atoms with Gasteiger partial charge in [0.05, 0.1) is 28.4 Å². The van der Waals surface area contributed by atoms with Crippen molar-refractivity contribution < 1.29 is 27.8 Å². The standard InChI is InChI=1S/C25H23ClF3NO3/c1-2-3-7-23(33-22-13-8-16(14-19(22)26)15-24(31)32)21-6-4-5-20(30-21)17-9-11-18(12-10-17)25(27,28)29/h4-6,8-14,23H,2-3,7,15H2,1H3,(H,31,32)/t23-/m1/s1. The minimum absolute atomic E-state index is 0.143. The van der Waals surface area contributed by atoms with Crippen LogP contribution in [0.3, 0.4) is 0 Å². The molecule has 0 spiro atoms. The number of hydrogen-bond acceptors (Lipinski definition) is 3. The molecule has 8 heteroatoms. The lowest BCUT2D eigenvalue weighted by Gasteiger charge is -2.20. The van der Waals surface area contributed by atoms with Gasteiger partial charge in [0.25, 0.3) is 0 Å². The number of aromatic nitrogens is 1. The largest absolute Gasteiger partial charge is 0.483 e. The number of unbranched alkanes of at least 4 members (excludes halogenated alkanes) is 1. The van der Waals surface area contributed by atoms with E-state index in [0.29, 0.717) is 39.7 Å². The summed E-state index contributed by atoms with van der Waals surface area (Å²) in [6, 6.07) is 15.0. The highest BCUT2D eigenvalue weighted by Crippen LogP contribution is 2.34. The van der Waals surface area contributed by atoms with E-state index in [1.165, 1.54) is 12.1 Å². The summed E-state index contributed by atoms with van der Waals surface area (Å²) in [5, 5.41) is 9.26. The van der Waals surface area contributed by atoms with Crippen molar-refractivity contribution in [3.8, 4) is 17.0 Å². The fraction of sp³-hybridized carbons (Fsp3) is 0.280. The maximum atomic E-state index is 12.9. The molecule has 0 amide bonds. The third-order valence-corrected chi connectivity index (χ3v) is 5.34. The van der Waals surface area contributed by atoms with Crippen molar-refractivity contribution in [3.63, 3.8) is 0 Å². The molecule has 1 heterocycles. The number of aliphatic carboxylic acids is 1. The molecule has 4 nitrogen and oxygen atoms in total. The second-order valence-corrected chi connectivity index (χ2v) is 8.01. The van der Waals surface area contributed by atoms with Crippen molar-refractivity contribution in [2.75, 3.05) is 0 Å². The third-order valence-electron chi connectivity index (χ3n) is 5.05. The quantitative estimate of drug-likeness (QED) is 0.350. The van der Waals surface area contributed by atoms with Gasteiger partial charge in [-0.15, -0.1) is 0 Å². The fourth-order valence-corrected chi connectivity index (χ4v) is 3.60. The Morgan fingerprint density at radius 1 is 1.12 bits per heavy atom. The number of rotatable bonds is 9. The number of ether oxygens (including phenoxy) is 1. The number of hydrogen-bond donors (Lipinski definition) is 1. The minimum atomic E-state index is -4.40. The molecule has 0 aliphatic rings. The highest BCUT2D eigenvalue weighted by Gasteiger charge is 2.30. The van der Waals surface area contributed by atoms with Crippen LogP contribution < -0.4 is 4.74 Å². The van der Waals surface area contributed by atoms with E-state index in [2.05, 4.69) is 11.9 Å². The summed E-state index contributed by atoms with van der Waals surface area (Å²) < 4.78 is 44.8. The maximum Gasteiger partial charge on any atom is 0.416 e. The molecule has 0 radical (unpaired) electrons. The van der Waals surface area contributed by atoms with Gasteiger partial charge in [-0.25, -0.2) is 4.98 Å². The molecule has 0 fully saturated rings. The zero-order chi connectivity index (χ0) is 24.0. The average molecular weight is 478 g/mol. The van der Waals surface area contributed by atoms with Crippen LogP contribution in [0.5, 0.6) is 5.75 Å². The molecule has 0 aliphatic carbocycles. The molecule has 1 atom stereocenters. The molecule has 1 N–H and O–H groups in total. The summed E-state index contributed by atoms with van der Waals surface area (Å²) in [5.74, 6) is -0.543. The Morgan fingerprint density at radius 2 is 1.85 bits per heavy atom. The van der Waals surface area contributed by atoms with Gasteiger partial charge in [0.1, 0.15) is 11.9 Å². The fourth-order valence-electron chi connectivity index (χ4n) is 3.36. The highest BCUT2D eigenvalue weighted by atomic mass is 35.5. The molecule has 2 aromatic carbocycles. The van der Waals surface area contributed by atoms with Gasteiger partial charge in [-0.3, -0.25) is 4.79 Å². The Morgan fingerprint density at radius 3 is 2.45 bits per heavy atom. The average Bonchev–Trinajstić information content (AvgIpc) is 2.77. The van der Waals surface area contributed by atoms with E-state index in [-0.39, 0.29) is 6.42 Å². The first kappa shape index (κ1) is 24.6. The maximum absolute atomic E-state index is 12.9. The van der Waals surface area contributed by atoms with Crippen LogP contribution >= 0.6 is 11.6 Å². The molecule has 174 valence electrons. The zero-order valence-corrected chi connectivity index (χ0v) is 18.7. The molecule has 1 aromatic heterocycles. The van der Waals surface area contributed by atoms with E-state index in [9.17, 15) is 18.0 Å². The van der Waals surface area contributed by atoms with Crippen LogP contribution in [-0.4, -0.2) is 16.1 Å². The van der Waals surface area contributed by atoms with Crippen LogP contribution in [0.25, 0.3) is 11.3 Å². The summed E-state index contributed by atoms with van der Waals surface area (Å²) in [6.45, 7) is 2.05. The number of nitrogens with zero attached hydrogens (tertiary/aromatic N) is 1. The smallest absolute Gasteiger partial charge is 0.416 e. The van der Waals surface area contributed by atoms with Crippen LogP contribution in [-0.2, 0) is 17.4 Å². The third kappa shape index (κ3) is 6.71.